The smallest absolute Gasteiger partial charge is 0.229 e. The van der Waals surface area contributed by atoms with Crippen molar-refractivity contribution in [1.29, 1.82) is 10.5 Å². The fourth-order valence-corrected chi connectivity index (χ4v) is 2.95. The predicted octanol–water partition coefficient (Wildman–Crippen LogP) is 5.37. The maximum atomic E-state index is 9.36. The molecule has 0 spiro atoms. The first-order chi connectivity index (χ1) is 14.7. The highest BCUT2D eigenvalue weighted by Crippen LogP contribution is 2.26. The summed E-state index contributed by atoms with van der Waals surface area (Å²) in [5.74, 6) is 0.925. The molecule has 30 heavy (non-hydrogen) atoms. The molecule has 2 N–H and O–H groups in total. The summed E-state index contributed by atoms with van der Waals surface area (Å²) in [6.07, 6.45) is 0. The van der Waals surface area contributed by atoms with E-state index in [1.807, 2.05) is 54.6 Å². The molecule has 142 valence electrons. The van der Waals surface area contributed by atoms with Crippen molar-refractivity contribution in [3.8, 4) is 23.4 Å². The third-order valence-electron chi connectivity index (χ3n) is 4.35. The fraction of sp³-hybridized carbons (Fsp3) is 0. The molecule has 6 heteroatoms. The lowest BCUT2D eigenvalue weighted by atomic mass is 10.1. The predicted molar refractivity (Wildman–Crippen MR) is 116 cm³/mol. The van der Waals surface area contributed by atoms with Crippen LogP contribution in [0.4, 0.5) is 23.1 Å². The summed E-state index contributed by atoms with van der Waals surface area (Å²) in [4.78, 5) is 9.18. The van der Waals surface area contributed by atoms with Crippen LogP contribution in [0.5, 0.6) is 0 Å². The molecular formula is C24H16N6. The second-order valence-corrected chi connectivity index (χ2v) is 6.43. The fourth-order valence-electron chi connectivity index (χ4n) is 2.95. The minimum Gasteiger partial charge on any atom is -0.340 e. The van der Waals surface area contributed by atoms with Crippen molar-refractivity contribution in [1.82, 2.24) is 9.97 Å². The quantitative estimate of drug-likeness (QED) is 0.477. The van der Waals surface area contributed by atoms with Gasteiger partial charge in [-0.2, -0.15) is 15.5 Å². The molecule has 0 saturated heterocycles. The second-order valence-electron chi connectivity index (χ2n) is 6.43. The molecule has 0 bridgehead atoms. The number of benzene rings is 3. The van der Waals surface area contributed by atoms with Crippen LogP contribution < -0.4 is 10.6 Å². The van der Waals surface area contributed by atoms with Gasteiger partial charge < -0.3 is 10.6 Å². The van der Waals surface area contributed by atoms with Crippen LogP contribution >= 0.6 is 0 Å². The SMILES string of the molecule is N#Cc1cccc(Nc2cc(-c3ccccc3)nc(Nc3ccccc3C#N)n2)c1. The van der Waals surface area contributed by atoms with E-state index in [4.69, 9.17) is 5.26 Å². The monoisotopic (exact) mass is 388 g/mol. The Kier molecular flexibility index (Phi) is 5.32. The van der Waals surface area contributed by atoms with Crippen molar-refractivity contribution < 1.29 is 0 Å². The van der Waals surface area contributed by atoms with Crippen LogP contribution in [0.2, 0.25) is 0 Å². The molecule has 0 unspecified atom stereocenters. The number of hydrogen-bond donors (Lipinski definition) is 2. The van der Waals surface area contributed by atoms with E-state index in [1.165, 1.54) is 0 Å². The molecule has 0 aliphatic rings. The Labute approximate surface area is 174 Å². The van der Waals surface area contributed by atoms with Gasteiger partial charge in [0.2, 0.25) is 5.95 Å². The first-order valence-corrected chi connectivity index (χ1v) is 9.23. The lowest BCUT2D eigenvalue weighted by molar-refractivity contribution is 1.17. The van der Waals surface area contributed by atoms with Gasteiger partial charge in [-0.1, -0.05) is 48.5 Å². The zero-order valence-corrected chi connectivity index (χ0v) is 15.9. The van der Waals surface area contributed by atoms with Crippen molar-refractivity contribution >= 4 is 23.1 Å². The van der Waals surface area contributed by atoms with E-state index in [2.05, 4.69) is 32.7 Å². The van der Waals surface area contributed by atoms with E-state index in [1.54, 1.807) is 30.3 Å². The molecule has 0 atom stereocenters. The molecule has 4 rings (SSSR count). The Hall–Kier alpha value is -4.68. The normalized spacial score (nSPS) is 9.93. The first kappa shape index (κ1) is 18.7. The van der Waals surface area contributed by atoms with E-state index < -0.39 is 0 Å². The molecule has 1 aromatic heterocycles. The van der Waals surface area contributed by atoms with E-state index >= 15 is 0 Å². The van der Waals surface area contributed by atoms with Gasteiger partial charge >= 0.3 is 0 Å². The van der Waals surface area contributed by atoms with Gasteiger partial charge in [0, 0.05) is 17.3 Å². The number of nitrogens with zero attached hydrogens (tertiary/aromatic N) is 4. The largest absolute Gasteiger partial charge is 0.340 e. The molecule has 0 amide bonds. The molecule has 0 aliphatic carbocycles. The Balaban J connectivity index is 1.75. The standard InChI is InChI=1S/C24H16N6/c25-15-17-7-6-11-20(13-17)27-23-14-22(18-8-2-1-3-9-18)29-24(30-23)28-21-12-5-4-10-19(21)16-26/h1-14H,(H2,27,28,29,30). The number of hydrogen-bond acceptors (Lipinski definition) is 6. The van der Waals surface area contributed by atoms with Crippen LogP contribution in [0, 0.1) is 22.7 Å². The van der Waals surface area contributed by atoms with Crippen LogP contribution in [0.3, 0.4) is 0 Å². The summed E-state index contributed by atoms with van der Waals surface area (Å²) in [6, 6.07) is 30.3. The molecule has 0 saturated carbocycles. The zero-order chi connectivity index (χ0) is 20.8. The van der Waals surface area contributed by atoms with Gasteiger partial charge in [-0.3, -0.25) is 0 Å². The Morgan fingerprint density at radius 3 is 2.30 bits per heavy atom. The van der Waals surface area contributed by atoms with Crippen molar-refractivity contribution in [3.05, 3.63) is 96.1 Å². The minimum absolute atomic E-state index is 0.359. The Bertz CT molecular complexity index is 1270. The van der Waals surface area contributed by atoms with Gasteiger partial charge in [0.15, 0.2) is 0 Å². The van der Waals surface area contributed by atoms with E-state index in [0.29, 0.717) is 28.6 Å². The van der Waals surface area contributed by atoms with Crippen molar-refractivity contribution in [2.24, 2.45) is 0 Å². The molecular weight excluding hydrogens is 372 g/mol. The summed E-state index contributed by atoms with van der Waals surface area (Å²) in [6.45, 7) is 0. The second kappa shape index (κ2) is 8.55. The molecule has 4 aromatic rings. The maximum Gasteiger partial charge on any atom is 0.229 e. The molecule has 3 aromatic carbocycles. The average molecular weight is 388 g/mol. The highest BCUT2D eigenvalue weighted by molar-refractivity contribution is 5.70. The third kappa shape index (κ3) is 4.24. The molecule has 6 nitrogen and oxygen atoms in total. The van der Waals surface area contributed by atoms with Gasteiger partial charge in [0.1, 0.15) is 11.9 Å². The highest BCUT2D eigenvalue weighted by atomic mass is 15.1. The van der Waals surface area contributed by atoms with Crippen molar-refractivity contribution in [3.63, 3.8) is 0 Å². The Morgan fingerprint density at radius 2 is 1.50 bits per heavy atom. The van der Waals surface area contributed by atoms with Gasteiger partial charge in [0.25, 0.3) is 0 Å². The van der Waals surface area contributed by atoms with Gasteiger partial charge in [-0.05, 0) is 30.3 Å². The van der Waals surface area contributed by atoms with Crippen molar-refractivity contribution in [2.45, 2.75) is 0 Å². The summed E-state index contributed by atoms with van der Waals surface area (Å²) in [7, 11) is 0. The summed E-state index contributed by atoms with van der Waals surface area (Å²) in [5.41, 5.74) is 4.09. The van der Waals surface area contributed by atoms with Crippen LogP contribution in [0.1, 0.15) is 11.1 Å². The zero-order valence-electron chi connectivity index (χ0n) is 15.9. The summed E-state index contributed by atoms with van der Waals surface area (Å²) in [5, 5.41) is 24.9. The van der Waals surface area contributed by atoms with Gasteiger partial charge in [-0.15, -0.1) is 0 Å². The number of aromatic nitrogens is 2. The molecule has 0 aliphatic heterocycles. The lowest BCUT2D eigenvalue weighted by Crippen LogP contribution is -2.03. The number of para-hydroxylation sites is 1. The van der Waals surface area contributed by atoms with Crippen LogP contribution in [-0.4, -0.2) is 9.97 Å². The first-order valence-electron chi connectivity index (χ1n) is 9.23. The van der Waals surface area contributed by atoms with Crippen molar-refractivity contribution in [2.75, 3.05) is 10.6 Å². The number of nitriles is 2. The number of nitrogens with one attached hydrogen (secondary N) is 2. The maximum absolute atomic E-state index is 9.36. The Morgan fingerprint density at radius 1 is 0.700 bits per heavy atom. The van der Waals surface area contributed by atoms with Gasteiger partial charge in [-0.25, -0.2) is 4.98 Å². The topological polar surface area (TPSA) is 97.4 Å². The summed E-state index contributed by atoms with van der Waals surface area (Å²) >= 11 is 0. The van der Waals surface area contributed by atoms with E-state index in [9.17, 15) is 5.26 Å². The summed E-state index contributed by atoms with van der Waals surface area (Å²) < 4.78 is 0. The molecule has 0 fully saturated rings. The average Bonchev–Trinajstić information content (AvgIpc) is 2.80. The molecule has 1 heterocycles. The molecule has 0 radical (unpaired) electrons. The third-order valence-corrected chi connectivity index (χ3v) is 4.35. The van der Waals surface area contributed by atoms with Crippen LogP contribution in [0.15, 0.2) is 84.9 Å². The number of rotatable bonds is 5. The minimum atomic E-state index is 0.359. The number of anilines is 4. The highest BCUT2D eigenvalue weighted by Gasteiger charge is 2.10. The van der Waals surface area contributed by atoms with Crippen LogP contribution in [-0.2, 0) is 0 Å². The van der Waals surface area contributed by atoms with E-state index in [-0.39, 0.29) is 0 Å². The lowest BCUT2D eigenvalue weighted by Gasteiger charge is -2.12. The van der Waals surface area contributed by atoms with Gasteiger partial charge in [0.05, 0.1) is 28.6 Å². The van der Waals surface area contributed by atoms with E-state index in [0.717, 1.165) is 16.9 Å². The van der Waals surface area contributed by atoms with Crippen LogP contribution in [0.25, 0.3) is 11.3 Å².